The molecule has 0 bridgehead atoms. The number of anilines is 1. The van der Waals surface area contributed by atoms with Gasteiger partial charge in [0.05, 0.1) is 34.8 Å². The third-order valence-electron chi connectivity index (χ3n) is 7.56. The number of rotatable bonds is 9. The van der Waals surface area contributed by atoms with E-state index in [0.29, 0.717) is 17.6 Å². The van der Waals surface area contributed by atoms with Gasteiger partial charge < -0.3 is 9.64 Å². The minimum atomic E-state index is -3.87. The van der Waals surface area contributed by atoms with Crippen molar-refractivity contribution >= 4 is 32.7 Å². The van der Waals surface area contributed by atoms with Gasteiger partial charge in [-0.2, -0.15) is 5.10 Å². The fraction of sp³-hybridized carbons (Fsp3) is 0.519. The number of pyridine rings is 1. The SMILES string of the molecule is COCCS(=O)(=O)NC(=O)c1cc(N2CCN(C(C)C)CC2)c2c(C3CCC3)nn(-c3ccccc3)c2n1. The first-order valence-electron chi connectivity index (χ1n) is 13.3. The van der Waals surface area contributed by atoms with Gasteiger partial charge in [-0.1, -0.05) is 24.6 Å². The van der Waals surface area contributed by atoms with E-state index in [9.17, 15) is 13.2 Å². The molecule has 2 aromatic heterocycles. The van der Waals surface area contributed by atoms with E-state index in [1.165, 1.54) is 13.5 Å². The van der Waals surface area contributed by atoms with Crippen molar-refractivity contribution in [3.05, 3.63) is 47.8 Å². The molecule has 1 saturated carbocycles. The normalized spacial score (nSPS) is 17.2. The molecule has 0 atom stereocenters. The molecule has 3 heterocycles. The highest BCUT2D eigenvalue weighted by Crippen LogP contribution is 2.42. The van der Waals surface area contributed by atoms with Gasteiger partial charge in [0.25, 0.3) is 5.91 Å². The van der Waals surface area contributed by atoms with Crippen molar-refractivity contribution in [1.82, 2.24) is 24.4 Å². The second kappa shape index (κ2) is 11.0. The molecule has 1 aliphatic heterocycles. The molecule has 2 fully saturated rings. The molecule has 0 radical (unpaired) electrons. The number of fused-ring (bicyclic) bond motifs is 1. The minimum Gasteiger partial charge on any atom is -0.384 e. The van der Waals surface area contributed by atoms with Crippen LogP contribution >= 0.6 is 0 Å². The summed E-state index contributed by atoms with van der Waals surface area (Å²) in [5, 5.41) is 6.00. The van der Waals surface area contributed by atoms with Crippen LogP contribution in [0.4, 0.5) is 5.69 Å². The van der Waals surface area contributed by atoms with Gasteiger partial charge in [-0.05, 0) is 44.9 Å². The number of amides is 1. The second-order valence-corrected chi connectivity index (χ2v) is 12.2. The zero-order chi connectivity index (χ0) is 26.9. The van der Waals surface area contributed by atoms with Crippen molar-refractivity contribution in [1.29, 1.82) is 0 Å². The fourth-order valence-corrected chi connectivity index (χ4v) is 6.00. The van der Waals surface area contributed by atoms with Crippen molar-refractivity contribution in [2.24, 2.45) is 0 Å². The number of piperazine rings is 1. The average molecular weight is 541 g/mol. The Kier molecular flexibility index (Phi) is 7.69. The number of carbonyl (C=O) groups excluding carboxylic acids is 1. The zero-order valence-corrected chi connectivity index (χ0v) is 23.1. The predicted molar refractivity (Wildman–Crippen MR) is 148 cm³/mol. The number of aromatic nitrogens is 3. The molecule has 10 nitrogen and oxygen atoms in total. The van der Waals surface area contributed by atoms with Crippen molar-refractivity contribution in [3.8, 4) is 5.69 Å². The van der Waals surface area contributed by atoms with Crippen molar-refractivity contribution in [2.75, 3.05) is 50.5 Å². The second-order valence-electron chi connectivity index (χ2n) is 10.3. The lowest BCUT2D eigenvalue weighted by Crippen LogP contribution is -2.49. The summed E-state index contributed by atoms with van der Waals surface area (Å²) in [4.78, 5) is 22.7. The summed E-state index contributed by atoms with van der Waals surface area (Å²) in [5.74, 6) is -0.722. The predicted octanol–water partition coefficient (Wildman–Crippen LogP) is 2.92. The van der Waals surface area contributed by atoms with Gasteiger partial charge in [-0.25, -0.2) is 22.8 Å². The summed E-state index contributed by atoms with van der Waals surface area (Å²) in [6.07, 6.45) is 3.31. The number of benzene rings is 1. The molecule has 2 aliphatic rings. The number of hydrogen-bond acceptors (Lipinski definition) is 8. The molecule has 1 aliphatic carbocycles. The Morgan fingerprint density at radius 3 is 2.45 bits per heavy atom. The smallest absolute Gasteiger partial charge is 0.283 e. The molecule has 1 saturated heterocycles. The van der Waals surface area contributed by atoms with Crippen LogP contribution in [0.3, 0.4) is 0 Å². The van der Waals surface area contributed by atoms with E-state index in [1.807, 2.05) is 30.3 Å². The average Bonchev–Trinajstić information content (AvgIpc) is 3.25. The monoisotopic (exact) mass is 540 g/mol. The molecule has 3 aromatic rings. The lowest BCUT2D eigenvalue weighted by atomic mass is 9.82. The molecule has 0 spiro atoms. The number of nitrogens with one attached hydrogen (secondary N) is 1. The summed E-state index contributed by atoms with van der Waals surface area (Å²) in [6.45, 7) is 7.79. The van der Waals surface area contributed by atoms with E-state index in [4.69, 9.17) is 14.8 Å². The van der Waals surface area contributed by atoms with Crippen molar-refractivity contribution in [3.63, 3.8) is 0 Å². The van der Waals surface area contributed by atoms with Crippen LogP contribution in [-0.2, 0) is 14.8 Å². The number of para-hydroxylation sites is 1. The van der Waals surface area contributed by atoms with Crippen LogP contribution in [0.2, 0.25) is 0 Å². The summed E-state index contributed by atoms with van der Waals surface area (Å²) in [6, 6.07) is 11.9. The number of sulfonamides is 1. The number of hydrogen-bond donors (Lipinski definition) is 1. The maximum Gasteiger partial charge on any atom is 0.283 e. The number of methoxy groups -OCH3 is 1. The largest absolute Gasteiger partial charge is 0.384 e. The van der Waals surface area contributed by atoms with E-state index in [0.717, 1.165) is 61.5 Å². The fourth-order valence-electron chi connectivity index (χ4n) is 5.12. The lowest BCUT2D eigenvalue weighted by Gasteiger charge is -2.38. The van der Waals surface area contributed by atoms with E-state index >= 15 is 0 Å². The molecule has 1 aromatic carbocycles. The number of nitrogens with zero attached hydrogens (tertiary/aromatic N) is 5. The Morgan fingerprint density at radius 2 is 1.84 bits per heavy atom. The maximum absolute atomic E-state index is 13.2. The van der Waals surface area contributed by atoms with Crippen molar-refractivity contribution < 1.29 is 17.9 Å². The summed E-state index contributed by atoms with van der Waals surface area (Å²) in [5.41, 5.74) is 3.36. The molecule has 1 N–H and O–H groups in total. The van der Waals surface area contributed by atoms with Crippen LogP contribution in [0.25, 0.3) is 16.7 Å². The van der Waals surface area contributed by atoms with Gasteiger partial charge in [0.1, 0.15) is 5.69 Å². The van der Waals surface area contributed by atoms with Gasteiger partial charge in [-0.15, -0.1) is 0 Å². The Labute approximate surface area is 224 Å². The van der Waals surface area contributed by atoms with Crippen LogP contribution in [-0.4, -0.2) is 85.7 Å². The Morgan fingerprint density at radius 1 is 1.13 bits per heavy atom. The van der Waals surface area contributed by atoms with Gasteiger partial charge >= 0.3 is 0 Å². The van der Waals surface area contributed by atoms with Crippen LogP contribution in [0.5, 0.6) is 0 Å². The molecule has 1 amide bonds. The minimum absolute atomic E-state index is 0.00795. The Bertz CT molecular complexity index is 1390. The van der Waals surface area contributed by atoms with Crippen LogP contribution in [0.15, 0.2) is 36.4 Å². The Hall–Kier alpha value is -3.02. The molecule has 204 valence electrons. The standard InChI is InChI=1S/C27H36N6O4S/c1-19(2)31-12-14-32(15-13-31)23-18-22(27(34)30-38(35,36)17-16-37-3)28-26-24(23)25(20-8-7-9-20)29-33(26)21-10-5-4-6-11-21/h4-6,10-11,18-20H,7-9,12-17H2,1-3H3,(H,30,34). The third kappa shape index (κ3) is 5.41. The van der Waals surface area contributed by atoms with Gasteiger partial charge in [0, 0.05) is 45.2 Å². The van der Waals surface area contributed by atoms with E-state index in [2.05, 4.69) is 28.4 Å². The first-order chi connectivity index (χ1) is 18.3. The van der Waals surface area contributed by atoms with Crippen LogP contribution in [0.1, 0.15) is 55.2 Å². The van der Waals surface area contributed by atoms with Gasteiger partial charge in [-0.3, -0.25) is 9.69 Å². The number of ether oxygens (including phenoxy) is 1. The van der Waals surface area contributed by atoms with Crippen molar-refractivity contribution in [2.45, 2.75) is 45.1 Å². The van der Waals surface area contributed by atoms with Gasteiger partial charge in [0.15, 0.2) is 5.65 Å². The third-order valence-corrected chi connectivity index (χ3v) is 8.76. The van der Waals surface area contributed by atoms with Crippen LogP contribution in [0, 0.1) is 0 Å². The lowest BCUT2D eigenvalue weighted by molar-refractivity contribution is 0.0976. The zero-order valence-electron chi connectivity index (χ0n) is 22.3. The summed E-state index contributed by atoms with van der Waals surface area (Å²) in [7, 11) is -2.45. The molecular formula is C27H36N6O4S. The molecule has 38 heavy (non-hydrogen) atoms. The quantitative estimate of drug-likeness (QED) is 0.441. The molecule has 11 heteroatoms. The first-order valence-corrected chi connectivity index (χ1v) is 14.9. The van der Waals surface area contributed by atoms with Gasteiger partial charge in [0.2, 0.25) is 10.0 Å². The van der Waals surface area contributed by atoms with E-state index in [-0.39, 0.29) is 18.1 Å². The van der Waals surface area contributed by atoms with Crippen LogP contribution < -0.4 is 9.62 Å². The van der Waals surface area contributed by atoms with E-state index < -0.39 is 15.9 Å². The highest BCUT2D eigenvalue weighted by molar-refractivity contribution is 7.90. The highest BCUT2D eigenvalue weighted by atomic mass is 32.2. The topological polar surface area (TPSA) is 110 Å². The van der Waals surface area contributed by atoms with E-state index in [1.54, 1.807) is 10.7 Å². The molecular weight excluding hydrogens is 504 g/mol. The molecule has 0 unspecified atom stereocenters. The summed E-state index contributed by atoms with van der Waals surface area (Å²) < 4.78 is 33.8. The maximum atomic E-state index is 13.2. The summed E-state index contributed by atoms with van der Waals surface area (Å²) >= 11 is 0. The first kappa shape index (κ1) is 26.6. The highest BCUT2D eigenvalue weighted by Gasteiger charge is 2.32. The Balaban J connectivity index is 1.64. The molecule has 5 rings (SSSR count). The number of carbonyl (C=O) groups is 1.